The van der Waals surface area contributed by atoms with Gasteiger partial charge in [-0.2, -0.15) is 0 Å². The van der Waals surface area contributed by atoms with Gasteiger partial charge in [0.25, 0.3) is 0 Å². The molecular weight excluding hydrogens is 295 g/mol. The van der Waals surface area contributed by atoms with Crippen molar-refractivity contribution in [1.29, 1.82) is 0 Å². The minimum atomic E-state index is -0.920. The fourth-order valence-electron chi connectivity index (χ4n) is 1.57. The first-order valence-corrected chi connectivity index (χ1v) is 7.97. The predicted molar refractivity (Wildman–Crippen MR) is 81.2 cm³/mol. The molecule has 0 atom stereocenters. The van der Waals surface area contributed by atoms with Crippen LogP contribution in [0.25, 0.3) is 0 Å². The largest absolute Gasteiger partial charge is 0.478 e. The highest BCUT2D eigenvalue weighted by molar-refractivity contribution is 8.03. The Bertz CT molecular complexity index is 585. The normalized spacial score (nSPS) is 10.4. The van der Waals surface area contributed by atoms with E-state index in [-0.39, 0.29) is 11.4 Å². The summed E-state index contributed by atoms with van der Waals surface area (Å²) in [6.45, 7) is 0. The van der Waals surface area contributed by atoms with Crippen molar-refractivity contribution in [3.8, 4) is 0 Å². The lowest BCUT2D eigenvalue weighted by atomic mass is 10.2. The lowest BCUT2D eigenvalue weighted by Gasteiger charge is -2.04. The third-order valence-corrected chi connectivity index (χ3v) is 4.87. The SMILES string of the molecule is O=C(O)c1ccc(SCCSc2ccccc2F)cc1. The molecule has 0 radical (unpaired) electrons. The Morgan fingerprint density at radius 2 is 1.65 bits per heavy atom. The van der Waals surface area contributed by atoms with Gasteiger partial charge in [-0.3, -0.25) is 0 Å². The van der Waals surface area contributed by atoms with Crippen molar-refractivity contribution < 1.29 is 14.3 Å². The van der Waals surface area contributed by atoms with Crippen LogP contribution in [0.4, 0.5) is 4.39 Å². The molecule has 5 heteroatoms. The van der Waals surface area contributed by atoms with E-state index in [1.165, 1.54) is 17.8 Å². The number of carbonyl (C=O) groups is 1. The summed E-state index contributed by atoms with van der Waals surface area (Å²) in [7, 11) is 0. The lowest BCUT2D eigenvalue weighted by molar-refractivity contribution is 0.0697. The Kier molecular flexibility index (Phi) is 5.49. The number of carboxylic acids is 1. The molecule has 0 heterocycles. The molecule has 2 aromatic carbocycles. The van der Waals surface area contributed by atoms with E-state index in [1.54, 1.807) is 48.2 Å². The minimum absolute atomic E-state index is 0.187. The van der Waals surface area contributed by atoms with E-state index < -0.39 is 5.97 Å². The number of hydrogen-bond acceptors (Lipinski definition) is 3. The number of hydrogen-bond donors (Lipinski definition) is 1. The van der Waals surface area contributed by atoms with E-state index >= 15 is 0 Å². The summed E-state index contributed by atoms with van der Waals surface area (Å²) in [5.74, 6) is 0.530. The van der Waals surface area contributed by atoms with Crippen LogP contribution in [0.15, 0.2) is 58.3 Å². The zero-order valence-electron chi connectivity index (χ0n) is 10.6. The van der Waals surface area contributed by atoms with E-state index in [9.17, 15) is 9.18 Å². The van der Waals surface area contributed by atoms with Crippen LogP contribution in [0.5, 0.6) is 0 Å². The standard InChI is InChI=1S/C15H13FO2S2/c16-13-3-1-2-4-14(13)20-10-9-19-12-7-5-11(6-8-12)15(17)18/h1-8H,9-10H2,(H,17,18). The molecule has 20 heavy (non-hydrogen) atoms. The van der Waals surface area contributed by atoms with Crippen LogP contribution in [0.2, 0.25) is 0 Å². The highest BCUT2D eigenvalue weighted by atomic mass is 32.2. The van der Waals surface area contributed by atoms with Crippen molar-refractivity contribution in [2.75, 3.05) is 11.5 Å². The summed E-state index contributed by atoms with van der Waals surface area (Å²) in [6.07, 6.45) is 0. The van der Waals surface area contributed by atoms with Crippen LogP contribution in [-0.2, 0) is 0 Å². The number of carboxylic acid groups (broad SMARTS) is 1. The van der Waals surface area contributed by atoms with E-state index in [4.69, 9.17) is 5.11 Å². The Hall–Kier alpha value is -1.46. The fourth-order valence-corrected chi connectivity index (χ4v) is 3.40. The molecule has 0 saturated heterocycles. The van der Waals surface area contributed by atoms with Crippen molar-refractivity contribution in [2.45, 2.75) is 9.79 Å². The third kappa shape index (κ3) is 4.28. The number of rotatable bonds is 6. The summed E-state index contributed by atoms with van der Waals surface area (Å²) >= 11 is 3.11. The fraction of sp³-hybridized carbons (Fsp3) is 0.133. The van der Waals surface area contributed by atoms with E-state index in [1.807, 2.05) is 6.07 Å². The molecule has 2 aromatic rings. The zero-order chi connectivity index (χ0) is 14.4. The maximum atomic E-state index is 13.4. The van der Waals surface area contributed by atoms with Gasteiger partial charge in [0.1, 0.15) is 5.82 Å². The molecule has 0 saturated carbocycles. The van der Waals surface area contributed by atoms with E-state index in [2.05, 4.69) is 0 Å². The van der Waals surface area contributed by atoms with Crippen molar-refractivity contribution >= 4 is 29.5 Å². The van der Waals surface area contributed by atoms with Gasteiger partial charge in [-0.05, 0) is 36.4 Å². The van der Waals surface area contributed by atoms with Gasteiger partial charge < -0.3 is 5.11 Å². The molecule has 0 aromatic heterocycles. The van der Waals surface area contributed by atoms with Gasteiger partial charge in [0.2, 0.25) is 0 Å². The van der Waals surface area contributed by atoms with E-state index in [0.717, 1.165) is 16.4 Å². The topological polar surface area (TPSA) is 37.3 Å². The molecule has 0 bridgehead atoms. The summed E-state index contributed by atoms with van der Waals surface area (Å²) < 4.78 is 13.4. The second-order valence-corrected chi connectivity index (χ2v) is 6.26. The van der Waals surface area contributed by atoms with Crippen LogP contribution in [-0.4, -0.2) is 22.6 Å². The third-order valence-electron chi connectivity index (χ3n) is 2.55. The van der Waals surface area contributed by atoms with Crippen molar-refractivity contribution in [2.24, 2.45) is 0 Å². The molecule has 2 nitrogen and oxygen atoms in total. The molecule has 0 amide bonds. The molecular formula is C15H13FO2S2. The minimum Gasteiger partial charge on any atom is -0.478 e. The summed E-state index contributed by atoms with van der Waals surface area (Å²) in [4.78, 5) is 12.4. The highest BCUT2D eigenvalue weighted by Crippen LogP contribution is 2.25. The van der Waals surface area contributed by atoms with Gasteiger partial charge in [-0.25, -0.2) is 9.18 Å². The highest BCUT2D eigenvalue weighted by Gasteiger charge is 2.03. The average Bonchev–Trinajstić information content (AvgIpc) is 2.46. The van der Waals surface area contributed by atoms with Crippen molar-refractivity contribution in [3.63, 3.8) is 0 Å². The first-order valence-electron chi connectivity index (χ1n) is 6.00. The van der Waals surface area contributed by atoms with Gasteiger partial charge in [0, 0.05) is 21.3 Å². The molecule has 0 spiro atoms. The van der Waals surface area contributed by atoms with Crippen LogP contribution in [0, 0.1) is 5.82 Å². The Morgan fingerprint density at radius 1 is 1.00 bits per heavy atom. The van der Waals surface area contributed by atoms with Gasteiger partial charge in [0.15, 0.2) is 0 Å². The van der Waals surface area contributed by atoms with E-state index in [0.29, 0.717) is 4.90 Å². The van der Waals surface area contributed by atoms with Gasteiger partial charge in [-0.1, -0.05) is 12.1 Å². The molecule has 0 aliphatic carbocycles. The van der Waals surface area contributed by atoms with Crippen molar-refractivity contribution in [3.05, 3.63) is 59.9 Å². The molecule has 0 fully saturated rings. The van der Waals surface area contributed by atoms with Crippen LogP contribution in [0.3, 0.4) is 0 Å². The molecule has 0 unspecified atom stereocenters. The summed E-state index contributed by atoms with van der Waals surface area (Å²) in [5.41, 5.74) is 0.287. The van der Waals surface area contributed by atoms with Crippen LogP contribution in [0.1, 0.15) is 10.4 Å². The first-order chi connectivity index (χ1) is 9.66. The first kappa shape index (κ1) is 14.9. The van der Waals surface area contributed by atoms with Gasteiger partial charge in [0.05, 0.1) is 5.56 Å². The second kappa shape index (κ2) is 7.36. The summed E-state index contributed by atoms with van der Waals surface area (Å²) in [5, 5.41) is 8.80. The average molecular weight is 308 g/mol. The lowest BCUT2D eigenvalue weighted by Crippen LogP contribution is -1.95. The molecule has 104 valence electrons. The Morgan fingerprint density at radius 3 is 2.30 bits per heavy atom. The predicted octanol–water partition coefficient (Wildman–Crippen LogP) is 4.41. The number of halogens is 1. The monoisotopic (exact) mass is 308 g/mol. The number of aromatic carboxylic acids is 1. The maximum absolute atomic E-state index is 13.4. The van der Waals surface area contributed by atoms with Gasteiger partial charge >= 0.3 is 5.97 Å². The maximum Gasteiger partial charge on any atom is 0.335 e. The van der Waals surface area contributed by atoms with Crippen LogP contribution >= 0.6 is 23.5 Å². The number of thioether (sulfide) groups is 2. The van der Waals surface area contributed by atoms with Crippen molar-refractivity contribution in [1.82, 2.24) is 0 Å². The number of benzene rings is 2. The summed E-state index contributed by atoms with van der Waals surface area (Å²) in [6, 6.07) is 13.5. The Balaban J connectivity index is 1.79. The smallest absolute Gasteiger partial charge is 0.335 e. The van der Waals surface area contributed by atoms with Crippen LogP contribution < -0.4 is 0 Å². The van der Waals surface area contributed by atoms with Gasteiger partial charge in [-0.15, -0.1) is 23.5 Å². The second-order valence-electron chi connectivity index (χ2n) is 3.96. The molecule has 0 aliphatic rings. The quantitative estimate of drug-likeness (QED) is 0.633. The molecule has 0 aliphatic heterocycles. The zero-order valence-corrected chi connectivity index (χ0v) is 12.2. The Labute approximate surface area is 125 Å². The molecule has 1 N–H and O–H groups in total. The molecule has 2 rings (SSSR count).